The van der Waals surface area contributed by atoms with Gasteiger partial charge in [0.2, 0.25) is 10.0 Å². The van der Waals surface area contributed by atoms with Crippen molar-refractivity contribution in [1.82, 2.24) is 4.31 Å². The summed E-state index contributed by atoms with van der Waals surface area (Å²) in [5.74, 6) is -0.705. The zero-order chi connectivity index (χ0) is 23.3. The van der Waals surface area contributed by atoms with Gasteiger partial charge in [-0.3, -0.25) is 4.79 Å². The third-order valence-electron chi connectivity index (χ3n) is 5.10. The summed E-state index contributed by atoms with van der Waals surface area (Å²) in [6.07, 6.45) is 1.96. The first kappa shape index (κ1) is 23.6. The van der Waals surface area contributed by atoms with Gasteiger partial charge in [0.15, 0.2) is 6.61 Å². The van der Waals surface area contributed by atoms with Crippen LogP contribution in [0.4, 0.5) is 11.4 Å². The zero-order valence-electron chi connectivity index (χ0n) is 18.3. The Morgan fingerprint density at radius 3 is 2.47 bits per heavy atom. The van der Waals surface area contributed by atoms with Crippen molar-refractivity contribution in [2.24, 2.45) is 0 Å². The van der Waals surface area contributed by atoms with Crippen LogP contribution in [0.1, 0.15) is 23.2 Å². The standard InChI is InChI=1S/C22H27N3O6S/c1-24(2)32(28,29)18-9-10-20(25-11-4-5-12-25)19(14-18)22(27)31-15-21(26)23-16-7-6-8-17(13-16)30-3/h6-10,13-14H,4-5,11-12,15H2,1-3H3,(H,23,26). The maximum atomic E-state index is 12.9. The number of amides is 1. The molecule has 1 fully saturated rings. The summed E-state index contributed by atoms with van der Waals surface area (Å²) in [5.41, 5.74) is 1.21. The minimum Gasteiger partial charge on any atom is -0.497 e. The van der Waals surface area contributed by atoms with Crippen LogP contribution in [0, 0.1) is 0 Å². The van der Waals surface area contributed by atoms with Crippen LogP contribution < -0.4 is 15.0 Å². The fraction of sp³-hybridized carbons (Fsp3) is 0.364. The highest BCUT2D eigenvalue weighted by Gasteiger charge is 2.25. The summed E-state index contributed by atoms with van der Waals surface area (Å²) in [6, 6.07) is 11.2. The van der Waals surface area contributed by atoms with E-state index in [1.54, 1.807) is 30.3 Å². The number of rotatable bonds is 8. The van der Waals surface area contributed by atoms with E-state index in [-0.39, 0.29) is 10.5 Å². The summed E-state index contributed by atoms with van der Waals surface area (Å²) in [5, 5.41) is 2.63. The molecule has 0 spiro atoms. The number of sulfonamides is 1. The first-order valence-corrected chi connectivity index (χ1v) is 11.6. The largest absolute Gasteiger partial charge is 0.497 e. The molecular formula is C22H27N3O6S. The smallest absolute Gasteiger partial charge is 0.340 e. The molecule has 10 heteroatoms. The second-order valence-electron chi connectivity index (χ2n) is 7.52. The number of methoxy groups -OCH3 is 1. The van der Waals surface area contributed by atoms with E-state index in [9.17, 15) is 18.0 Å². The molecule has 3 rings (SSSR count). The van der Waals surface area contributed by atoms with Crippen molar-refractivity contribution in [3.8, 4) is 5.75 Å². The van der Waals surface area contributed by atoms with Crippen molar-refractivity contribution in [2.75, 3.05) is 51.1 Å². The highest BCUT2D eigenvalue weighted by atomic mass is 32.2. The molecular weight excluding hydrogens is 434 g/mol. The van der Waals surface area contributed by atoms with Crippen molar-refractivity contribution in [1.29, 1.82) is 0 Å². The number of anilines is 2. The van der Waals surface area contributed by atoms with E-state index in [0.717, 1.165) is 30.2 Å². The summed E-state index contributed by atoms with van der Waals surface area (Å²) in [7, 11) is 0.626. The molecule has 0 radical (unpaired) electrons. The van der Waals surface area contributed by atoms with Gasteiger partial charge in [0.05, 0.1) is 23.3 Å². The molecule has 1 aliphatic rings. The van der Waals surface area contributed by atoms with E-state index in [2.05, 4.69) is 5.32 Å². The average Bonchev–Trinajstić information content (AvgIpc) is 3.31. The Labute approximate surface area is 188 Å². The van der Waals surface area contributed by atoms with E-state index in [1.165, 1.54) is 33.3 Å². The molecule has 1 heterocycles. The van der Waals surface area contributed by atoms with Gasteiger partial charge in [0.1, 0.15) is 5.75 Å². The molecule has 1 saturated heterocycles. The quantitative estimate of drug-likeness (QED) is 0.602. The number of carbonyl (C=O) groups is 2. The molecule has 2 aromatic rings. The SMILES string of the molecule is COc1cccc(NC(=O)COC(=O)c2cc(S(=O)(=O)N(C)C)ccc2N2CCCC2)c1. The fourth-order valence-electron chi connectivity index (χ4n) is 3.39. The normalized spacial score (nSPS) is 13.8. The first-order valence-electron chi connectivity index (χ1n) is 10.1. The lowest BCUT2D eigenvalue weighted by molar-refractivity contribution is -0.119. The second-order valence-corrected chi connectivity index (χ2v) is 9.67. The van der Waals surface area contributed by atoms with Gasteiger partial charge in [-0.2, -0.15) is 0 Å². The molecule has 9 nitrogen and oxygen atoms in total. The van der Waals surface area contributed by atoms with Crippen LogP contribution in [0.15, 0.2) is 47.4 Å². The Hall–Kier alpha value is -3.11. The third kappa shape index (κ3) is 5.38. The minimum absolute atomic E-state index is 0.0155. The summed E-state index contributed by atoms with van der Waals surface area (Å²) in [4.78, 5) is 27.1. The lowest BCUT2D eigenvalue weighted by Crippen LogP contribution is -2.26. The number of nitrogens with zero attached hydrogens (tertiary/aromatic N) is 2. The van der Waals surface area contributed by atoms with Crippen molar-refractivity contribution in [3.05, 3.63) is 48.0 Å². The number of benzene rings is 2. The van der Waals surface area contributed by atoms with E-state index in [1.807, 2.05) is 4.90 Å². The molecule has 0 aliphatic carbocycles. The predicted octanol–water partition coefficient (Wildman–Crippen LogP) is 2.34. The Balaban J connectivity index is 1.78. The van der Waals surface area contributed by atoms with Gasteiger partial charge >= 0.3 is 5.97 Å². The third-order valence-corrected chi connectivity index (χ3v) is 6.91. The van der Waals surface area contributed by atoms with Gasteiger partial charge in [-0.25, -0.2) is 17.5 Å². The molecule has 0 saturated carbocycles. The summed E-state index contributed by atoms with van der Waals surface area (Å²) < 4.78 is 36.5. The van der Waals surface area contributed by atoms with Gasteiger partial charge in [-0.1, -0.05) is 6.07 Å². The molecule has 0 aromatic heterocycles. The number of ether oxygens (including phenoxy) is 2. The van der Waals surface area contributed by atoms with Crippen LogP contribution in [0.5, 0.6) is 5.75 Å². The number of carbonyl (C=O) groups excluding carboxylic acids is 2. The van der Waals surface area contributed by atoms with Crippen LogP contribution in [0.2, 0.25) is 0 Å². The molecule has 0 atom stereocenters. The van der Waals surface area contributed by atoms with E-state index >= 15 is 0 Å². The van der Waals surface area contributed by atoms with Crippen LogP contribution in [0.3, 0.4) is 0 Å². The van der Waals surface area contributed by atoms with Crippen LogP contribution >= 0.6 is 0 Å². The van der Waals surface area contributed by atoms with Crippen LogP contribution in [-0.4, -0.2) is 65.5 Å². The minimum atomic E-state index is -3.74. The fourth-order valence-corrected chi connectivity index (χ4v) is 4.32. The lowest BCUT2D eigenvalue weighted by atomic mass is 10.1. The molecule has 1 aliphatic heterocycles. The Morgan fingerprint density at radius 1 is 1.09 bits per heavy atom. The highest BCUT2D eigenvalue weighted by Crippen LogP contribution is 2.28. The zero-order valence-corrected chi connectivity index (χ0v) is 19.1. The molecule has 2 aromatic carbocycles. The number of nitrogens with one attached hydrogen (secondary N) is 1. The van der Waals surface area contributed by atoms with Crippen molar-refractivity contribution >= 4 is 33.3 Å². The molecule has 0 bridgehead atoms. The molecule has 0 unspecified atom stereocenters. The van der Waals surface area contributed by atoms with E-state index < -0.39 is 28.5 Å². The van der Waals surface area contributed by atoms with Gasteiger partial charge in [-0.05, 0) is 43.2 Å². The Morgan fingerprint density at radius 2 is 1.81 bits per heavy atom. The van der Waals surface area contributed by atoms with Gasteiger partial charge < -0.3 is 19.7 Å². The van der Waals surface area contributed by atoms with Crippen molar-refractivity contribution in [2.45, 2.75) is 17.7 Å². The first-order chi connectivity index (χ1) is 15.2. The molecule has 32 heavy (non-hydrogen) atoms. The van der Waals surface area contributed by atoms with Crippen LogP contribution in [-0.2, 0) is 19.6 Å². The molecule has 1 N–H and O–H groups in total. The Kier molecular flexibility index (Phi) is 7.37. The summed E-state index contributed by atoms with van der Waals surface area (Å²) >= 11 is 0. The number of esters is 1. The van der Waals surface area contributed by atoms with Gasteiger partial charge in [0, 0.05) is 38.9 Å². The number of hydrogen-bond acceptors (Lipinski definition) is 7. The van der Waals surface area contributed by atoms with E-state index in [0.29, 0.717) is 17.1 Å². The Bertz CT molecular complexity index is 1090. The van der Waals surface area contributed by atoms with Crippen molar-refractivity contribution < 1.29 is 27.5 Å². The monoisotopic (exact) mass is 461 g/mol. The van der Waals surface area contributed by atoms with Crippen molar-refractivity contribution in [3.63, 3.8) is 0 Å². The average molecular weight is 462 g/mol. The van der Waals surface area contributed by atoms with Gasteiger partial charge in [0.25, 0.3) is 5.91 Å². The molecule has 172 valence electrons. The van der Waals surface area contributed by atoms with Crippen LogP contribution in [0.25, 0.3) is 0 Å². The number of hydrogen-bond donors (Lipinski definition) is 1. The molecule has 1 amide bonds. The topological polar surface area (TPSA) is 105 Å². The lowest BCUT2D eigenvalue weighted by Gasteiger charge is -2.22. The summed E-state index contributed by atoms with van der Waals surface area (Å²) in [6.45, 7) is 1.01. The predicted molar refractivity (Wildman–Crippen MR) is 121 cm³/mol. The maximum Gasteiger partial charge on any atom is 0.340 e. The highest BCUT2D eigenvalue weighted by molar-refractivity contribution is 7.89. The maximum absolute atomic E-state index is 12.9. The second kappa shape index (κ2) is 10.0. The van der Waals surface area contributed by atoms with E-state index in [4.69, 9.17) is 9.47 Å². The van der Waals surface area contributed by atoms with Gasteiger partial charge in [-0.15, -0.1) is 0 Å².